The smallest absolute Gasteiger partial charge is 0.0426 e. The summed E-state index contributed by atoms with van der Waals surface area (Å²) in [6, 6.07) is 8.59. The molecule has 0 amide bonds. The van der Waals surface area contributed by atoms with Gasteiger partial charge >= 0.3 is 0 Å². The molecule has 21 heavy (non-hydrogen) atoms. The van der Waals surface area contributed by atoms with Crippen molar-refractivity contribution in [2.24, 2.45) is 5.73 Å². The third kappa shape index (κ3) is 5.08. The fraction of sp³-hybridized carbons (Fsp3) is 0.647. The second kappa shape index (κ2) is 7.90. The van der Waals surface area contributed by atoms with E-state index in [0.29, 0.717) is 0 Å². The van der Waals surface area contributed by atoms with Crippen LogP contribution in [0.15, 0.2) is 24.3 Å². The van der Waals surface area contributed by atoms with Crippen LogP contribution in [0.3, 0.4) is 0 Å². The summed E-state index contributed by atoms with van der Waals surface area (Å²) in [6.07, 6.45) is 0. The quantitative estimate of drug-likeness (QED) is 0.853. The Balaban J connectivity index is 1.77. The van der Waals surface area contributed by atoms with Crippen molar-refractivity contribution >= 4 is 0 Å². The first-order valence-electron chi connectivity index (χ1n) is 7.97. The van der Waals surface area contributed by atoms with E-state index in [1.165, 1.54) is 17.7 Å². The van der Waals surface area contributed by atoms with E-state index in [2.05, 4.69) is 60.0 Å². The van der Waals surface area contributed by atoms with Gasteiger partial charge in [-0.15, -0.1) is 0 Å². The molecule has 0 spiro atoms. The van der Waals surface area contributed by atoms with E-state index in [0.717, 1.165) is 39.3 Å². The lowest BCUT2D eigenvalue weighted by Gasteiger charge is -2.36. The molecule has 1 aliphatic heterocycles. The summed E-state index contributed by atoms with van der Waals surface area (Å²) >= 11 is 0. The molecule has 1 unspecified atom stereocenters. The molecule has 118 valence electrons. The van der Waals surface area contributed by atoms with Crippen molar-refractivity contribution in [3.8, 4) is 0 Å². The average Bonchev–Trinajstić information content (AvgIpc) is 2.47. The normalized spacial score (nSPS) is 19.1. The molecule has 1 aromatic carbocycles. The monoisotopic (exact) mass is 290 g/mol. The first-order valence-corrected chi connectivity index (χ1v) is 7.97. The van der Waals surface area contributed by atoms with Gasteiger partial charge in [-0.2, -0.15) is 0 Å². The zero-order chi connectivity index (χ0) is 15.2. The zero-order valence-electron chi connectivity index (χ0n) is 13.8. The van der Waals surface area contributed by atoms with Gasteiger partial charge in [-0.25, -0.2) is 0 Å². The van der Waals surface area contributed by atoms with Gasteiger partial charge in [0.1, 0.15) is 0 Å². The molecule has 0 radical (unpaired) electrons. The number of piperazine rings is 1. The summed E-state index contributed by atoms with van der Waals surface area (Å²) in [4.78, 5) is 7.31. The number of hydrogen-bond donors (Lipinski definition) is 1. The highest BCUT2D eigenvalue weighted by Gasteiger charge is 2.19. The van der Waals surface area contributed by atoms with Gasteiger partial charge in [-0.05, 0) is 32.1 Å². The van der Waals surface area contributed by atoms with Gasteiger partial charge in [-0.3, -0.25) is 9.80 Å². The standard InChI is InChI=1S/C17H30N4/c1-15-6-4-5-7-16(15)17(18)14-21-12-10-20(11-13-21)9-8-19(2)3/h4-7,17H,8-14,18H2,1-3H3. The largest absolute Gasteiger partial charge is 0.323 e. The highest BCUT2D eigenvalue weighted by Crippen LogP contribution is 2.17. The van der Waals surface area contributed by atoms with Crippen molar-refractivity contribution in [2.75, 3.05) is 59.9 Å². The number of aryl methyl sites for hydroxylation is 1. The van der Waals surface area contributed by atoms with Gasteiger partial charge in [0.15, 0.2) is 0 Å². The molecular weight excluding hydrogens is 260 g/mol. The number of rotatable bonds is 6. The molecule has 1 aliphatic rings. The van der Waals surface area contributed by atoms with Crippen molar-refractivity contribution in [3.05, 3.63) is 35.4 Å². The summed E-state index contributed by atoms with van der Waals surface area (Å²) in [6.45, 7) is 10.0. The van der Waals surface area contributed by atoms with Gasteiger partial charge in [0.2, 0.25) is 0 Å². The third-order valence-electron chi connectivity index (χ3n) is 4.37. The molecular formula is C17H30N4. The van der Waals surface area contributed by atoms with Gasteiger partial charge in [0.05, 0.1) is 0 Å². The number of likely N-dealkylation sites (N-methyl/N-ethyl adjacent to an activating group) is 1. The Morgan fingerprint density at radius 2 is 1.71 bits per heavy atom. The molecule has 4 nitrogen and oxygen atoms in total. The number of nitrogens with two attached hydrogens (primary N) is 1. The summed E-state index contributed by atoms with van der Waals surface area (Å²) in [7, 11) is 4.27. The van der Waals surface area contributed by atoms with Crippen LogP contribution in [0.2, 0.25) is 0 Å². The first-order chi connectivity index (χ1) is 10.1. The molecule has 1 heterocycles. The lowest BCUT2D eigenvalue weighted by Crippen LogP contribution is -2.49. The Morgan fingerprint density at radius 3 is 2.33 bits per heavy atom. The van der Waals surface area contributed by atoms with E-state index >= 15 is 0 Å². The predicted octanol–water partition coefficient (Wildman–Crippen LogP) is 1.17. The van der Waals surface area contributed by atoms with Gasteiger partial charge in [-0.1, -0.05) is 24.3 Å². The van der Waals surface area contributed by atoms with E-state index in [9.17, 15) is 0 Å². The Morgan fingerprint density at radius 1 is 1.10 bits per heavy atom. The van der Waals surface area contributed by atoms with Crippen molar-refractivity contribution in [2.45, 2.75) is 13.0 Å². The topological polar surface area (TPSA) is 35.7 Å². The Kier molecular flexibility index (Phi) is 6.18. The fourth-order valence-corrected chi connectivity index (χ4v) is 2.92. The van der Waals surface area contributed by atoms with Gasteiger partial charge in [0.25, 0.3) is 0 Å². The lowest BCUT2D eigenvalue weighted by molar-refractivity contribution is 0.120. The van der Waals surface area contributed by atoms with E-state index < -0.39 is 0 Å². The maximum Gasteiger partial charge on any atom is 0.0426 e. The number of nitrogens with zero attached hydrogens (tertiary/aromatic N) is 3. The first kappa shape index (κ1) is 16.4. The minimum atomic E-state index is 0.125. The van der Waals surface area contributed by atoms with Crippen molar-refractivity contribution in [3.63, 3.8) is 0 Å². The molecule has 1 atom stereocenters. The highest BCUT2D eigenvalue weighted by atomic mass is 15.3. The summed E-state index contributed by atoms with van der Waals surface area (Å²) in [5.41, 5.74) is 8.98. The van der Waals surface area contributed by atoms with Crippen LogP contribution in [0.1, 0.15) is 17.2 Å². The van der Waals surface area contributed by atoms with Crippen molar-refractivity contribution < 1.29 is 0 Å². The summed E-state index contributed by atoms with van der Waals surface area (Å²) in [5.74, 6) is 0. The van der Waals surface area contributed by atoms with E-state index in [-0.39, 0.29) is 6.04 Å². The van der Waals surface area contributed by atoms with Crippen LogP contribution in [0.25, 0.3) is 0 Å². The Hall–Kier alpha value is -0.940. The van der Waals surface area contributed by atoms with Crippen LogP contribution in [-0.4, -0.2) is 74.6 Å². The molecule has 1 saturated heterocycles. The Labute approximate surface area is 129 Å². The van der Waals surface area contributed by atoms with Crippen LogP contribution in [-0.2, 0) is 0 Å². The fourth-order valence-electron chi connectivity index (χ4n) is 2.92. The molecule has 0 aromatic heterocycles. The maximum absolute atomic E-state index is 6.40. The summed E-state index contributed by atoms with van der Waals surface area (Å²) < 4.78 is 0. The molecule has 0 aliphatic carbocycles. The van der Waals surface area contributed by atoms with Crippen LogP contribution in [0.4, 0.5) is 0 Å². The zero-order valence-corrected chi connectivity index (χ0v) is 13.8. The molecule has 2 rings (SSSR count). The van der Waals surface area contributed by atoms with Crippen LogP contribution in [0.5, 0.6) is 0 Å². The van der Waals surface area contributed by atoms with Crippen LogP contribution in [0, 0.1) is 6.92 Å². The average molecular weight is 290 g/mol. The summed E-state index contributed by atoms with van der Waals surface area (Å²) in [5, 5.41) is 0. The molecule has 1 aromatic rings. The minimum absolute atomic E-state index is 0.125. The predicted molar refractivity (Wildman–Crippen MR) is 89.5 cm³/mol. The van der Waals surface area contributed by atoms with E-state index in [4.69, 9.17) is 5.73 Å². The lowest BCUT2D eigenvalue weighted by atomic mass is 10.0. The number of benzene rings is 1. The molecule has 0 bridgehead atoms. The molecule has 4 heteroatoms. The molecule has 0 saturated carbocycles. The molecule has 1 fully saturated rings. The van der Waals surface area contributed by atoms with Gasteiger partial charge in [0, 0.05) is 51.9 Å². The maximum atomic E-state index is 6.40. The molecule has 2 N–H and O–H groups in total. The third-order valence-corrected chi connectivity index (χ3v) is 4.37. The van der Waals surface area contributed by atoms with Crippen LogP contribution < -0.4 is 5.73 Å². The number of hydrogen-bond acceptors (Lipinski definition) is 4. The highest BCUT2D eigenvalue weighted by molar-refractivity contribution is 5.28. The van der Waals surface area contributed by atoms with E-state index in [1.54, 1.807) is 0 Å². The van der Waals surface area contributed by atoms with Crippen molar-refractivity contribution in [1.29, 1.82) is 0 Å². The van der Waals surface area contributed by atoms with Gasteiger partial charge < -0.3 is 10.6 Å². The second-order valence-corrected chi connectivity index (χ2v) is 6.41. The van der Waals surface area contributed by atoms with E-state index in [1.807, 2.05) is 0 Å². The minimum Gasteiger partial charge on any atom is -0.323 e. The Bertz CT molecular complexity index is 425. The SMILES string of the molecule is Cc1ccccc1C(N)CN1CCN(CCN(C)C)CC1. The van der Waals surface area contributed by atoms with Crippen molar-refractivity contribution in [1.82, 2.24) is 14.7 Å². The second-order valence-electron chi connectivity index (χ2n) is 6.41. The van der Waals surface area contributed by atoms with Crippen LogP contribution >= 0.6 is 0 Å².